The number of amides is 1. The molecule has 0 bridgehead atoms. The number of carbonyl (C=O) groups is 1. The number of halogens is 2. The molecule has 25 heavy (non-hydrogen) atoms. The number of carbonyl (C=O) groups excluding carboxylic acids is 1. The summed E-state index contributed by atoms with van der Waals surface area (Å²) in [5, 5.41) is 0.756. The van der Waals surface area contributed by atoms with Crippen LogP contribution in [0.3, 0.4) is 0 Å². The van der Waals surface area contributed by atoms with E-state index in [1.54, 1.807) is 31.3 Å². The second-order valence-corrected chi connectivity index (χ2v) is 8.31. The number of sulfone groups is 1. The van der Waals surface area contributed by atoms with Crippen molar-refractivity contribution in [3.8, 4) is 5.75 Å². The first kappa shape index (κ1) is 19.6. The molecule has 0 aliphatic heterocycles. The van der Waals surface area contributed by atoms with Gasteiger partial charge in [0.1, 0.15) is 12.4 Å². The first-order valence-electron chi connectivity index (χ1n) is 7.32. The molecule has 0 aromatic heterocycles. The fourth-order valence-corrected chi connectivity index (χ4v) is 3.09. The van der Waals surface area contributed by atoms with E-state index in [1.807, 2.05) is 0 Å². The van der Waals surface area contributed by atoms with Crippen LogP contribution in [0.15, 0.2) is 47.4 Å². The van der Waals surface area contributed by atoms with E-state index in [1.165, 1.54) is 23.1 Å². The van der Waals surface area contributed by atoms with Crippen molar-refractivity contribution in [2.75, 3.05) is 26.5 Å². The van der Waals surface area contributed by atoms with Gasteiger partial charge in [-0.2, -0.15) is 0 Å². The van der Waals surface area contributed by atoms with E-state index >= 15 is 0 Å². The van der Waals surface area contributed by atoms with Gasteiger partial charge in [-0.1, -0.05) is 29.3 Å². The van der Waals surface area contributed by atoms with Gasteiger partial charge in [-0.05, 0) is 36.4 Å². The molecule has 0 spiro atoms. The summed E-state index contributed by atoms with van der Waals surface area (Å²) in [6.45, 7) is 0.552. The van der Waals surface area contributed by atoms with E-state index in [0.29, 0.717) is 17.3 Å². The lowest BCUT2D eigenvalue weighted by molar-refractivity contribution is 0.0773. The molecular weight excluding hydrogens is 385 g/mol. The van der Waals surface area contributed by atoms with Gasteiger partial charge in [0.05, 0.1) is 22.0 Å². The summed E-state index contributed by atoms with van der Waals surface area (Å²) in [5.41, 5.74) is 0.134. The van der Waals surface area contributed by atoms with Crippen molar-refractivity contribution in [2.45, 2.75) is 4.90 Å². The Morgan fingerprint density at radius 2 is 1.88 bits per heavy atom. The van der Waals surface area contributed by atoms with Crippen molar-refractivity contribution in [1.29, 1.82) is 0 Å². The van der Waals surface area contributed by atoms with E-state index in [0.717, 1.165) is 6.26 Å². The number of rotatable bonds is 6. The van der Waals surface area contributed by atoms with Crippen LogP contribution in [-0.4, -0.2) is 45.7 Å². The van der Waals surface area contributed by atoms with E-state index in [-0.39, 0.29) is 28.0 Å². The minimum atomic E-state index is -3.42. The zero-order valence-corrected chi connectivity index (χ0v) is 16.0. The van der Waals surface area contributed by atoms with E-state index in [4.69, 9.17) is 27.9 Å². The Kier molecular flexibility index (Phi) is 6.32. The van der Waals surface area contributed by atoms with Crippen LogP contribution in [0.2, 0.25) is 10.0 Å². The summed E-state index contributed by atoms with van der Waals surface area (Å²) in [6.07, 6.45) is 1.08. The lowest BCUT2D eigenvalue weighted by atomic mass is 10.2. The maximum absolute atomic E-state index is 12.5. The highest BCUT2D eigenvalue weighted by atomic mass is 35.5. The van der Waals surface area contributed by atoms with Crippen LogP contribution in [0, 0.1) is 0 Å². The van der Waals surface area contributed by atoms with Crippen LogP contribution in [0.1, 0.15) is 10.4 Å². The van der Waals surface area contributed by atoms with E-state index in [2.05, 4.69) is 0 Å². The van der Waals surface area contributed by atoms with Gasteiger partial charge in [-0.3, -0.25) is 4.79 Å². The maximum atomic E-state index is 12.5. The van der Waals surface area contributed by atoms with Gasteiger partial charge in [0.15, 0.2) is 9.84 Å². The second-order valence-electron chi connectivity index (χ2n) is 5.45. The Balaban J connectivity index is 2.04. The predicted octanol–water partition coefficient (Wildman–Crippen LogP) is 3.55. The normalized spacial score (nSPS) is 11.2. The monoisotopic (exact) mass is 401 g/mol. The predicted molar refractivity (Wildman–Crippen MR) is 98.5 cm³/mol. The molecule has 0 saturated carbocycles. The molecule has 2 aromatic carbocycles. The lowest BCUT2D eigenvalue weighted by Crippen LogP contribution is -2.31. The fraction of sp³-hybridized carbons (Fsp3) is 0.235. The minimum Gasteiger partial charge on any atom is -0.492 e. The lowest BCUT2D eigenvalue weighted by Gasteiger charge is -2.18. The van der Waals surface area contributed by atoms with Gasteiger partial charge in [0.25, 0.3) is 5.91 Å². The summed E-state index contributed by atoms with van der Waals surface area (Å²) < 4.78 is 28.8. The summed E-state index contributed by atoms with van der Waals surface area (Å²) >= 11 is 11.9. The number of nitrogens with zero attached hydrogens (tertiary/aromatic N) is 1. The molecule has 0 aliphatic carbocycles. The summed E-state index contributed by atoms with van der Waals surface area (Å²) in [6, 6.07) is 11.0. The first-order chi connectivity index (χ1) is 11.7. The van der Waals surface area contributed by atoms with Gasteiger partial charge in [-0.15, -0.1) is 0 Å². The molecule has 8 heteroatoms. The molecule has 0 aliphatic rings. The number of likely N-dealkylation sites (N-methyl/N-ethyl adjacent to an activating group) is 1. The van der Waals surface area contributed by atoms with Crippen LogP contribution >= 0.6 is 23.2 Å². The van der Waals surface area contributed by atoms with E-state index < -0.39 is 9.84 Å². The molecule has 5 nitrogen and oxygen atoms in total. The molecule has 134 valence electrons. The third kappa shape index (κ3) is 5.36. The Hall–Kier alpha value is -1.76. The smallest absolute Gasteiger partial charge is 0.255 e. The van der Waals surface area contributed by atoms with Crippen LogP contribution in [0.25, 0.3) is 0 Å². The molecule has 0 N–H and O–H groups in total. The third-order valence-electron chi connectivity index (χ3n) is 3.43. The van der Waals surface area contributed by atoms with Crippen molar-refractivity contribution in [3.05, 3.63) is 58.1 Å². The first-order valence-corrected chi connectivity index (χ1v) is 9.96. The molecule has 0 heterocycles. The van der Waals surface area contributed by atoms with Crippen molar-refractivity contribution in [1.82, 2.24) is 4.90 Å². The number of hydrogen-bond donors (Lipinski definition) is 0. The zero-order chi connectivity index (χ0) is 18.6. The molecule has 0 radical (unpaired) electrons. The van der Waals surface area contributed by atoms with Crippen molar-refractivity contribution >= 4 is 38.9 Å². The van der Waals surface area contributed by atoms with Gasteiger partial charge >= 0.3 is 0 Å². The van der Waals surface area contributed by atoms with Crippen LogP contribution < -0.4 is 4.74 Å². The summed E-state index contributed by atoms with van der Waals surface area (Å²) in [5.74, 6) is 0.218. The van der Waals surface area contributed by atoms with Crippen molar-refractivity contribution < 1.29 is 17.9 Å². The standard InChI is InChI=1S/C17H17Cl2NO4S/c1-20(8-9-24-13-5-3-4-12(18)10-13)17(21)15-11-14(25(2,22)23)6-7-16(15)19/h3-7,10-11H,8-9H2,1-2H3. The zero-order valence-electron chi connectivity index (χ0n) is 13.7. The number of hydrogen-bond acceptors (Lipinski definition) is 4. The van der Waals surface area contributed by atoms with Crippen LogP contribution in [0.5, 0.6) is 5.75 Å². The maximum Gasteiger partial charge on any atom is 0.255 e. The molecule has 0 saturated heterocycles. The Bertz CT molecular complexity index is 884. The Labute approximate surface area is 157 Å². The van der Waals surface area contributed by atoms with Crippen LogP contribution in [0.4, 0.5) is 0 Å². The van der Waals surface area contributed by atoms with Gasteiger partial charge < -0.3 is 9.64 Å². The number of ether oxygens (including phenoxy) is 1. The van der Waals surface area contributed by atoms with Gasteiger partial charge in [0, 0.05) is 18.3 Å². The third-order valence-corrected chi connectivity index (χ3v) is 5.11. The highest BCUT2D eigenvalue weighted by Crippen LogP contribution is 2.22. The molecule has 2 aromatic rings. The van der Waals surface area contributed by atoms with Gasteiger partial charge in [-0.25, -0.2) is 8.42 Å². The fourth-order valence-electron chi connectivity index (χ4n) is 2.06. The van der Waals surface area contributed by atoms with Crippen molar-refractivity contribution in [2.24, 2.45) is 0 Å². The number of benzene rings is 2. The largest absolute Gasteiger partial charge is 0.492 e. The molecule has 0 unspecified atom stereocenters. The van der Waals surface area contributed by atoms with E-state index in [9.17, 15) is 13.2 Å². The quantitative estimate of drug-likeness (QED) is 0.742. The topological polar surface area (TPSA) is 63.7 Å². The molecule has 1 amide bonds. The Morgan fingerprint density at radius 1 is 1.16 bits per heavy atom. The average Bonchev–Trinajstić information content (AvgIpc) is 2.53. The Morgan fingerprint density at radius 3 is 2.52 bits per heavy atom. The second kappa shape index (κ2) is 8.08. The summed E-state index contributed by atoms with van der Waals surface area (Å²) in [7, 11) is -1.83. The summed E-state index contributed by atoms with van der Waals surface area (Å²) in [4.78, 5) is 14.0. The molecule has 2 rings (SSSR count). The average molecular weight is 402 g/mol. The van der Waals surface area contributed by atoms with Crippen LogP contribution in [-0.2, 0) is 9.84 Å². The molecule has 0 atom stereocenters. The molecule has 0 fully saturated rings. The highest BCUT2D eigenvalue weighted by molar-refractivity contribution is 7.90. The SMILES string of the molecule is CN(CCOc1cccc(Cl)c1)C(=O)c1cc(S(C)(=O)=O)ccc1Cl. The molecular formula is C17H17Cl2NO4S. The minimum absolute atomic E-state index is 0.0452. The van der Waals surface area contributed by atoms with Gasteiger partial charge in [0.2, 0.25) is 0 Å². The highest BCUT2D eigenvalue weighted by Gasteiger charge is 2.18. The van der Waals surface area contributed by atoms with Crippen molar-refractivity contribution in [3.63, 3.8) is 0 Å².